The minimum absolute atomic E-state index is 0.190. The molecule has 2 aromatic rings. The standard InChI is InChI=1S/C13H17F2N3OS/c1-17(7-8-19-2)5-6-18-12-10(16-13(18)20)4-3-9(14)11(12)15/h3-4H,5-8H2,1-2H3,(H,16,20). The SMILES string of the molecule is COCCN(C)CCn1c(=S)[nH]c2ccc(F)c(F)c21. The van der Waals surface area contributed by atoms with Crippen LogP contribution in [0.25, 0.3) is 11.0 Å². The van der Waals surface area contributed by atoms with E-state index in [9.17, 15) is 8.78 Å². The molecule has 0 aliphatic rings. The van der Waals surface area contributed by atoms with Crippen molar-refractivity contribution in [2.75, 3.05) is 33.9 Å². The quantitative estimate of drug-likeness (QED) is 0.833. The summed E-state index contributed by atoms with van der Waals surface area (Å²) in [6.07, 6.45) is 0. The molecule has 0 bridgehead atoms. The lowest BCUT2D eigenvalue weighted by Crippen LogP contribution is -2.26. The van der Waals surface area contributed by atoms with Crippen molar-refractivity contribution in [3.63, 3.8) is 0 Å². The van der Waals surface area contributed by atoms with Crippen molar-refractivity contribution in [2.24, 2.45) is 0 Å². The van der Waals surface area contributed by atoms with Crippen LogP contribution in [0, 0.1) is 16.4 Å². The normalized spacial score (nSPS) is 11.7. The highest BCUT2D eigenvalue weighted by Crippen LogP contribution is 2.20. The van der Waals surface area contributed by atoms with Crippen LogP contribution < -0.4 is 0 Å². The highest BCUT2D eigenvalue weighted by Gasteiger charge is 2.13. The molecule has 20 heavy (non-hydrogen) atoms. The summed E-state index contributed by atoms with van der Waals surface area (Å²) in [5.41, 5.74) is 0.698. The van der Waals surface area contributed by atoms with Crippen molar-refractivity contribution in [1.29, 1.82) is 0 Å². The van der Waals surface area contributed by atoms with Crippen LogP contribution >= 0.6 is 12.2 Å². The van der Waals surface area contributed by atoms with Crippen LogP contribution in [-0.2, 0) is 11.3 Å². The third-order valence-corrected chi connectivity index (χ3v) is 3.53. The summed E-state index contributed by atoms with van der Waals surface area (Å²) in [5, 5.41) is 0. The largest absolute Gasteiger partial charge is 0.383 e. The van der Waals surface area contributed by atoms with Crippen LogP contribution in [0.2, 0.25) is 0 Å². The van der Waals surface area contributed by atoms with E-state index in [0.29, 0.717) is 30.0 Å². The van der Waals surface area contributed by atoms with Gasteiger partial charge in [-0.2, -0.15) is 0 Å². The molecule has 7 heteroatoms. The first-order chi connectivity index (χ1) is 9.54. The molecule has 4 nitrogen and oxygen atoms in total. The van der Waals surface area contributed by atoms with Gasteiger partial charge < -0.3 is 19.2 Å². The Morgan fingerprint density at radius 3 is 2.80 bits per heavy atom. The number of aromatic amines is 1. The summed E-state index contributed by atoms with van der Waals surface area (Å²) < 4.78 is 34.2. The van der Waals surface area contributed by atoms with Gasteiger partial charge in [-0.05, 0) is 31.4 Å². The fourth-order valence-corrected chi connectivity index (χ4v) is 2.32. The second-order valence-corrected chi connectivity index (χ2v) is 5.02. The van der Waals surface area contributed by atoms with Gasteiger partial charge in [-0.3, -0.25) is 0 Å². The number of hydrogen-bond donors (Lipinski definition) is 1. The summed E-state index contributed by atoms with van der Waals surface area (Å²) >= 11 is 5.17. The number of fused-ring (bicyclic) bond motifs is 1. The molecule has 0 spiro atoms. The van der Waals surface area contributed by atoms with Gasteiger partial charge in [0.2, 0.25) is 0 Å². The lowest BCUT2D eigenvalue weighted by molar-refractivity contribution is 0.159. The van der Waals surface area contributed by atoms with E-state index in [2.05, 4.69) is 4.98 Å². The smallest absolute Gasteiger partial charge is 0.184 e. The fourth-order valence-electron chi connectivity index (χ4n) is 2.03. The third-order valence-electron chi connectivity index (χ3n) is 3.21. The van der Waals surface area contributed by atoms with Gasteiger partial charge in [0, 0.05) is 26.7 Å². The number of ether oxygens (including phenoxy) is 1. The molecule has 2 rings (SSSR count). The maximum absolute atomic E-state index is 13.9. The molecule has 1 heterocycles. The Kier molecular flexibility index (Phi) is 4.85. The zero-order valence-electron chi connectivity index (χ0n) is 11.4. The van der Waals surface area contributed by atoms with Gasteiger partial charge in [0.15, 0.2) is 16.4 Å². The maximum Gasteiger partial charge on any atom is 0.184 e. The van der Waals surface area contributed by atoms with Crippen molar-refractivity contribution >= 4 is 23.3 Å². The zero-order valence-corrected chi connectivity index (χ0v) is 12.3. The molecule has 1 aromatic heterocycles. The predicted molar refractivity (Wildman–Crippen MR) is 76.4 cm³/mol. The Balaban J connectivity index is 2.23. The summed E-state index contributed by atoms with van der Waals surface area (Å²) in [6.45, 7) is 2.54. The first-order valence-electron chi connectivity index (χ1n) is 6.28. The minimum Gasteiger partial charge on any atom is -0.383 e. The molecule has 0 atom stereocenters. The molecule has 0 unspecified atom stereocenters. The van der Waals surface area contributed by atoms with E-state index < -0.39 is 11.6 Å². The van der Waals surface area contributed by atoms with E-state index in [0.717, 1.165) is 12.6 Å². The molecule has 110 valence electrons. The van der Waals surface area contributed by atoms with Gasteiger partial charge in [0.1, 0.15) is 5.52 Å². The van der Waals surface area contributed by atoms with E-state index >= 15 is 0 Å². The van der Waals surface area contributed by atoms with Crippen LogP contribution in [0.4, 0.5) is 8.78 Å². The van der Waals surface area contributed by atoms with Gasteiger partial charge in [-0.25, -0.2) is 8.78 Å². The van der Waals surface area contributed by atoms with Crippen LogP contribution in [0.1, 0.15) is 0 Å². The third kappa shape index (κ3) is 3.05. The van der Waals surface area contributed by atoms with Gasteiger partial charge in [-0.1, -0.05) is 0 Å². The summed E-state index contributed by atoms with van der Waals surface area (Å²) in [6, 6.07) is 2.59. The molecule has 0 saturated carbocycles. The summed E-state index contributed by atoms with van der Waals surface area (Å²) in [5.74, 6) is -1.73. The lowest BCUT2D eigenvalue weighted by Gasteiger charge is -2.16. The highest BCUT2D eigenvalue weighted by atomic mass is 32.1. The van der Waals surface area contributed by atoms with Gasteiger partial charge in [-0.15, -0.1) is 0 Å². The summed E-state index contributed by atoms with van der Waals surface area (Å²) in [7, 11) is 3.58. The van der Waals surface area contributed by atoms with E-state index in [1.165, 1.54) is 6.07 Å². The second kappa shape index (κ2) is 6.43. The van der Waals surface area contributed by atoms with Crippen molar-refractivity contribution < 1.29 is 13.5 Å². The Hall–Kier alpha value is -1.31. The van der Waals surface area contributed by atoms with Crippen molar-refractivity contribution in [2.45, 2.75) is 6.54 Å². The van der Waals surface area contributed by atoms with Crippen LogP contribution in [0.15, 0.2) is 12.1 Å². The molecule has 0 saturated heterocycles. The molecular formula is C13H17F2N3OS. The first-order valence-corrected chi connectivity index (χ1v) is 6.69. The molecule has 1 aromatic carbocycles. The number of rotatable bonds is 6. The molecular weight excluding hydrogens is 284 g/mol. The van der Waals surface area contributed by atoms with Gasteiger partial charge >= 0.3 is 0 Å². The van der Waals surface area contributed by atoms with Crippen LogP contribution in [-0.4, -0.2) is 48.3 Å². The lowest BCUT2D eigenvalue weighted by atomic mass is 10.3. The number of benzene rings is 1. The Morgan fingerprint density at radius 1 is 1.35 bits per heavy atom. The molecule has 0 aliphatic heterocycles. The number of imidazole rings is 1. The van der Waals surface area contributed by atoms with E-state index in [1.54, 1.807) is 11.7 Å². The highest BCUT2D eigenvalue weighted by molar-refractivity contribution is 7.71. The van der Waals surface area contributed by atoms with Gasteiger partial charge in [0.25, 0.3) is 0 Å². The summed E-state index contributed by atoms with van der Waals surface area (Å²) in [4.78, 5) is 4.93. The van der Waals surface area contributed by atoms with Crippen molar-refractivity contribution in [3.05, 3.63) is 28.5 Å². The number of likely N-dealkylation sites (N-methyl/N-ethyl adjacent to an activating group) is 1. The van der Waals surface area contributed by atoms with Crippen LogP contribution in [0.3, 0.4) is 0 Å². The number of methoxy groups -OCH3 is 1. The maximum atomic E-state index is 13.9. The van der Waals surface area contributed by atoms with E-state index in [1.807, 2.05) is 11.9 Å². The number of hydrogen-bond acceptors (Lipinski definition) is 3. The molecule has 0 amide bonds. The van der Waals surface area contributed by atoms with Crippen LogP contribution in [0.5, 0.6) is 0 Å². The number of nitrogens with one attached hydrogen (secondary N) is 1. The number of halogens is 2. The minimum atomic E-state index is -0.868. The topological polar surface area (TPSA) is 33.2 Å². The Labute approximate surface area is 121 Å². The number of H-pyrrole nitrogens is 1. The average Bonchev–Trinajstić information content (AvgIpc) is 2.75. The number of nitrogens with zero attached hydrogens (tertiary/aromatic N) is 2. The predicted octanol–water partition coefficient (Wildman–Crippen LogP) is 2.56. The molecule has 1 N–H and O–H groups in total. The average molecular weight is 301 g/mol. The fraction of sp³-hybridized carbons (Fsp3) is 0.462. The van der Waals surface area contributed by atoms with Gasteiger partial charge in [0.05, 0.1) is 12.1 Å². The Bertz CT molecular complexity index is 653. The first kappa shape index (κ1) is 15.1. The zero-order chi connectivity index (χ0) is 14.7. The molecule has 0 radical (unpaired) electrons. The monoisotopic (exact) mass is 301 g/mol. The molecule has 0 aliphatic carbocycles. The van der Waals surface area contributed by atoms with Crippen molar-refractivity contribution in [3.8, 4) is 0 Å². The Morgan fingerprint density at radius 2 is 2.10 bits per heavy atom. The second-order valence-electron chi connectivity index (χ2n) is 4.64. The van der Waals surface area contributed by atoms with Crippen molar-refractivity contribution in [1.82, 2.24) is 14.5 Å². The van der Waals surface area contributed by atoms with E-state index in [4.69, 9.17) is 17.0 Å². The number of aromatic nitrogens is 2. The van der Waals surface area contributed by atoms with E-state index in [-0.39, 0.29) is 5.52 Å². The molecule has 0 fully saturated rings.